The topological polar surface area (TPSA) is 149 Å². The van der Waals surface area contributed by atoms with Crippen LogP contribution < -0.4 is 16.0 Å². The summed E-state index contributed by atoms with van der Waals surface area (Å²) in [7, 11) is 1.60. The van der Waals surface area contributed by atoms with Gasteiger partial charge in [0, 0.05) is 18.8 Å². The number of carbonyl (C=O) groups is 3. The Morgan fingerprint density at radius 1 is 1.06 bits per heavy atom. The van der Waals surface area contributed by atoms with Crippen molar-refractivity contribution >= 4 is 36.3 Å². The molecule has 1 fully saturated rings. The number of nitrogens with zero attached hydrogens (tertiary/aromatic N) is 2. The van der Waals surface area contributed by atoms with Crippen molar-refractivity contribution in [2.75, 3.05) is 13.6 Å². The minimum absolute atomic E-state index is 0.110. The first-order chi connectivity index (χ1) is 24.8. The average Bonchev–Trinajstić information content (AvgIpc) is 3.51. The highest BCUT2D eigenvalue weighted by molar-refractivity contribution is 5.80. The maximum Gasteiger partial charge on any atom is 0.408 e. The molecule has 0 aliphatic heterocycles. The molecule has 11 heteroatoms. The van der Waals surface area contributed by atoms with E-state index < -0.39 is 18.1 Å². The summed E-state index contributed by atoms with van der Waals surface area (Å²) in [6.45, 7) is 6.92. The van der Waals surface area contributed by atoms with Gasteiger partial charge in [0.2, 0.25) is 0 Å². The summed E-state index contributed by atoms with van der Waals surface area (Å²) in [4.78, 5) is 45.1. The van der Waals surface area contributed by atoms with E-state index in [1.165, 1.54) is 30.4 Å². The van der Waals surface area contributed by atoms with Gasteiger partial charge in [0.25, 0.3) is 0 Å². The minimum Gasteiger partial charge on any atom is -0.480 e. The van der Waals surface area contributed by atoms with E-state index in [1.54, 1.807) is 18.0 Å². The highest BCUT2D eigenvalue weighted by Gasteiger charge is 2.20. The van der Waals surface area contributed by atoms with Crippen molar-refractivity contribution in [2.24, 2.45) is 0 Å². The third-order valence-corrected chi connectivity index (χ3v) is 8.14. The van der Waals surface area contributed by atoms with E-state index in [0.717, 1.165) is 46.9 Å². The number of rotatable bonds is 14. The fourth-order valence-corrected chi connectivity index (χ4v) is 5.28. The molecule has 1 unspecified atom stereocenters. The molecule has 0 saturated heterocycles. The van der Waals surface area contributed by atoms with Gasteiger partial charge in [0.1, 0.15) is 18.5 Å². The number of hydrogen-bond donors (Lipinski definition) is 5. The van der Waals surface area contributed by atoms with Crippen LogP contribution in [0.1, 0.15) is 72.9 Å². The van der Waals surface area contributed by atoms with Crippen LogP contribution in [0.4, 0.5) is 9.59 Å². The van der Waals surface area contributed by atoms with Crippen LogP contribution in [-0.2, 0) is 29.2 Å². The number of aromatic nitrogens is 2. The fraction of sp³-hybridized carbons (Fsp3) is 0.300. The lowest BCUT2D eigenvalue weighted by molar-refractivity contribution is -0.139. The summed E-state index contributed by atoms with van der Waals surface area (Å²) in [6.07, 6.45) is 19.0. The van der Waals surface area contributed by atoms with Crippen LogP contribution in [0.25, 0.3) is 18.2 Å². The van der Waals surface area contributed by atoms with Crippen LogP contribution in [0.15, 0.2) is 96.8 Å². The summed E-state index contributed by atoms with van der Waals surface area (Å²) in [6, 6.07) is 16.5. The second-order valence-corrected chi connectivity index (χ2v) is 12.2. The molecular formula is C40H48N6O5. The van der Waals surface area contributed by atoms with E-state index in [9.17, 15) is 14.4 Å². The van der Waals surface area contributed by atoms with Crippen LogP contribution >= 0.6 is 0 Å². The molecule has 5 N–H and O–H groups in total. The Hall–Kier alpha value is -5.68. The van der Waals surface area contributed by atoms with Crippen molar-refractivity contribution in [1.82, 2.24) is 30.8 Å². The molecule has 268 valence electrons. The monoisotopic (exact) mass is 692 g/mol. The molecule has 2 aliphatic carbocycles. The maximum atomic E-state index is 13.2. The predicted molar refractivity (Wildman–Crippen MR) is 201 cm³/mol. The smallest absolute Gasteiger partial charge is 0.408 e. The summed E-state index contributed by atoms with van der Waals surface area (Å²) in [5.74, 6) is -0.381. The van der Waals surface area contributed by atoms with Crippen molar-refractivity contribution < 1.29 is 24.2 Å². The Morgan fingerprint density at radius 2 is 1.82 bits per heavy atom. The molecule has 1 atom stereocenters. The first-order valence-corrected chi connectivity index (χ1v) is 17.2. The second-order valence-electron chi connectivity index (χ2n) is 12.2. The Labute approximate surface area is 299 Å². The number of H-pyrrole nitrogens is 1. The molecule has 1 saturated carbocycles. The third-order valence-electron chi connectivity index (χ3n) is 8.14. The van der Waals surface area contributed by atoms with Crippen molar-refractivity contribution in [1.29, 1.82) is 0 Å². The number of urea groups is 1. The molecule has 0 spiro atoms. The molecule has 2 aliphatic rings. The zero-order valence-electron chi connectivity index (χ0n) is 29.4. The van der Waals surface area contributed by atoms with Crippen molar-refractivity contribution in [2.45, 2.75) is 64.8 Å². The number of allylic oxidation sites excluding steroid dienone is 5. The van der Waals surface area contributed by atoms with Gasteiger partial charge in [-0.1, -0.05) is 91.1 Å². The Bertz CT molecular complexity index is 1730. The Morgan fingerprint density at radius 3 is 2.43 bits per heavy atom. The zero-order chi connectivity index (χ0) is 36.4. The number of nitrogens with one attached hydrogen (secondary N) is 4. The van der Waals surface area contributed by atoms with Gasteiger partial charge < -0.3 is 35.7 Å². The number of carboxylic acids is 1. The lowest BCUT2D eigenvalue weighted by Gasteiger charge is -2.23. The minimum atomic E-state index is -1.11. The largest absolute Gasteiger partial charge is 0.480 e. The van der Waals surface area contributed by atoms with Gasteiger partial charge in [-0.25, -0.2) is 19.4 Å². The van der Waals surface area contributed by atoms with Crippen LogP contribution in [0.2, 0.25) is 0 Å². The molecule has 1 heterocycles. The van der Waals surface area contributed by atoms with Crippen LogP contribution in [-0.4, -0.2) is 57.7 Å². The third kappa shape index (κ3) is 12.6. The number of carboxylic acid groups (broad SMARTS) is 1. The molecule has 0 radical (unpaired) electrons. The van der Waals surface area contributed by atoms with Crippen LogP contribution in [0.5, 0.6) is 0 Å². The number of imidazole rings is 1. The predicted octanol–water partition coefficient (Wildman–Crippen LogP) is 7.18. The average molecular weight is 693 g/mol. The van der Waals surface area contributed by atoms with E-state index in [0.29, 0.717) is 13.1 Å². The number of aliphatic carboxylic acids is 1. The number of amides is 3. The Balaban J connectivity index is 0.000000275. The number of hydrogen-bond acceptors (Lipinski definition) is 6. The van der Waals surface area contributed by atoms with Crippen LogP contribution in [0, 0.1) is 0 Å². The van der Waals surface area contributed by atoms with Gasteiger partial charge in [-0.05, 0) is 81.0 Å². The molecule has 3 aromatic rings. The van der Waals surface area contributed by atoms with Gasteiger partial charge >= 0.3 is 18.1 Å². The molecule has 5 rings (SSSR count). The molecule has 51 heavy (non-hydrogen) atoms. The number of likely N-dealkylation sites (N-methyl/N-ethyl adjacent to an activating group) is 1. The Kier molecular flexibility index (Phi) is 15.0. The normalized spacial score (nSPS) is 13.9. The zero-order valence-corrected chi connectivity index (χ0v) is 29.4. The number of aromatic amines is 1. The van der Waals surface area contributed by atoms with E-state index in [-0.39, 0.29) is 19.2 Å². The summed E-state index contributed by atoms with van der Waals surface area (Å²) >= 11 is 0. The summed E-state index contributed by atoms with van der Waals surface area (Å²) in [5.41, 5.74) is 7.19. The molecule has 2 aromatic carbocycles. The quantitative estimate of drug-likeness (QED) is 0.120. The summed E-state index contributed by atoms with van der Waals surface area (Å²) < 4.78 is 4.91. The fourth-order valence-electron chi connectivity index (χ4n) is 5.28. The molecule has 1 aromatic heterocycles. The second kappa shape index (κ2) is 20.1. The number of benzene rings is 2. The van der Waals surface area contributed by atoms with Crippen molar-refractivity contribution in [3.8, 4) is 0 Å². The van der Waals surface area contributed by atoms with E-state index in [1.807, 2.05) is 55.5 Å². The highest BCUT2D eigenvalue weighted by Crippen LogP contribution is 2.27. The highest BCUT2D eigenvalue weighted by atomic mass is 16.5. The van der Waals surface area contributed by atoms with E-state index in [2.05, 4.69) is 75.0 Å². The van der Waals surface area contributed by atoms with Gasteiger partial charge in [-0.3, -0.25) is 0 Å². The van der Waals surface area contributed by atoms with E-state index >= 15 is 0 Å². The van der Waals surface area contributed by atoms with Crippen LogP contribution in [0.3, 0.4) is 0 Å². The lowest BCUT2D eigenvalue weighted by Crippen LogP contribution is -2.46. The van der Waals surface area contributed by atoms with Gasteiger partial charge in [-0.15, -0.1) is 0 Å². The molecular weight excluding hydrogens is 644 g/mol. The van der Waals surface area contributed by atoms with Gasteiger partial charge in [-0.2, -0.15) is 0 Å². The van der Waals surface area contributed by atoms with Crippen molar-refractivity contribution in [3.05, 3.63) is 131 Å². The SMILES string of the molecule is C=Cc1nc(CN(Cc2ccc(C=C3CCC3)cc2)C(=O)NC2=CCCC=C2)[nH]c1/C=C\C.CNCC(NC(=O)OCc1ccccc1)C(=O)O. The van der Waals surface area contributed by atoms with Gasteiger partial charge in [0.15, 0.2) is 0 Å². The summed E-state index contributed by atoms with van der Waals surface area (Å²) in [5, 5.41) is 16.8. The first-order valence-electron chi connectivity index (χ1n) is 17.2. The number of ether oxygens (including phenoxy) is 1. The molecule has 3 amide bonds. The maximum absolute atomic E-state index is 13.2. The first kappa shape index (κ1) is 38.1. The number of carbonyl (C=O) groups excluding carboxylic acids is 2. The molecule has 0 bridgehead atoms. The van der Waals surface area contributed by atoms with Crippen molar-refractivity contribution in [3.63, 3.8) is 0 Å². The van der Waals surface area contributed by atoms with E-state index in [4.69, 9.17) is 9.84 Å². The lowest BCUT2D eigenvalue weighted by atomic mass is 9.90. The standard InChI is InChI=1S/C28H32N4O.C12H16N2O4/c1-3-9-26-25(4-2)30-27(31-26)20-32(28(33)29-24-12-6-5-7-13-24)19-23-16-14-22(15-17-23)18-21-10-8-11-21;1-13-7-10(11(15)16)14-12(17)18-8-9-5-3-2-4-6-9/h3-4,6,9,12-18H,2,5,7-8,10-11,19-20H2,1H3,(H,29,33)(H,30,31);2-6,10,13H,7-8H2,1H3,(H,14,17)(H,15,16)/b9-3-;. The number of alkyl carbamates (subject to hydrolysis) is 1. The van der Waals surface area contributed by atoms with Gasteiger partial charge in [0.05, 0.1) is 17.9 Å². The molecule has 11 nitrogen and oxygen atoms in total.